The van der Waals surface area contributed by atoms with Crippen LogP contribution in [0.15, 0.2) is 0 Å². The Kier molecular flexibility index (Phi) is 18.7. The van der Waals surface area contributed by atoms with E-state index in [-0.39, 0.29) is 10.1 Å². The fourth-order valence-electron chi connectivity index (χ4n) is 1.59. The van der Waals surface area contributed by atoms with Crippen LogP contribution in [0.1, 0.15) is 78.1 Å². The number of aliphatic hydroxyl groups excluding tert-OH is 2. The van der Waals surface area contributed by atoms with Crippen molar-refractivity contribution in [2.24, 2.45) is 0 Å². The molecule has 0 rings (SSSR count). The summed E-state index contributed by atoms with van der Waals surface area (Å²) in [6.45, 7) is 3.70. The first kappa shape index (κ1) is 20.1. The van der Waals surface area contributed by atoms with Crippen molar-refractivity contribution in [2.75, 3.05) is 0 Å². The van der Waals surface area contributed by atoms with Crippen LogP contribution in [0.2, 0.25) is 0 Å². The Hall–Kier alpha value is -0.220. The van der Waals surface area contributed by atoms with E-state index in [1.165, 1.54) is 58.3 Å². The van der Waals surface area contributed by atoms with Crippen LogP contribution in [0.5, 0.6) is 0 Å². The Balaban J connectivity index is 0. The lowest BCUT2D eigenvalue weighted by Gasteiger charge is -2.00. The van der Waals surface area contributed by atoms with Gasteiger partial charge in [-0.25, -0.2) is 0 Å². The van der Waals surface area contributed by atoms with E-state index in [4.69, 9.17) is 10.2 Å². The normalized spacial score (nSPS) is 9.44. The highest BCUT2D eigenvalue weighted by Gasteiger charge is 1.93. The molecule has 0 saturated heterocycles. The molecule has 108 valence electrons. The molecular formula is C14H28O2S2. The highest BCUT2D eigenvalue weighted by molar-refractivity contribution is 7.80. The molecule has 0 aliphatic rings. The van der Waals surface area contributed by atoms with Crippen LogP contribution in [0.4, 0.5) is 0 Å². The number of rotatable bonds is 10. The van der Waals surface area contributed by atoms with Gasteiger partial charge in [0.2, 0.25) is 0 Å². The SMILES string of the molecule is CC(O)=S.CCCCCCCCCCCC(O)=S. The first-order valence-corrected chi connectivity index (χ1v) is 7.73. The van der Waals surface area contributed by atoms with Crippen molar-refractivity contribution in [1.82, 2.24) is 0 Å². The Morgan fingerprint density at radius 3 is 1.44 bits per heavy atom. The van der Waals surface area contributed by atoms with Crippen molar-refractivity contribution < 1.29 is 10.2 Å². The van der Waals surface area contributed by atoms with Crippen LogP contribution < -0.4 is 0 Å². The summed E-state index contributed by atoms with van der Waals surface area (Å²) in [6.07, 6.45) is 12.5. The third-order valence-corrected chi connectivity index (χ3v) is 2.70. The van der Waals surface area contributed by atoms with Gasteiger partial charge in [-0.05, 0) is 30.9 Å². The molecular weight excluding hydrogens is 264 g/mol. The van der Waals surface area contributed by atoms with Crippen LogP contribution in [0, 0.1) is 0 Å². The van der Waals surface area contributed by atoms with E-state index in [1.807, 2.05) is 0 Å². The number of hydrogen-bond donors (Lipinski definition) is 2. The van der Waals surface area contributed by atoms with Gasteiger partial charge >= 0.3 is 0 Å². The summed E-state index contributed by atoms with van der Waals surface area (Å²) in [5.74, 6) is 0. The van der Waals surface area contributed by atoms with Crippen molar-refractivity contribution in [3.05, 3.63) is 0 Å². The van der Waals surface area contributed by atoms with E-state index in [0.29, 0.717) is 6.42 Å². The number of unbranched alkanes of at least 4 members (excludes halogenated alkanes) is 8. The Morgan fingerprint density at radius 1 is 0.778 bits per heavy atom. The molecule has 0 heterocycles. The molecule has 0 amide bonds. The predicted octanol–water partition coefficient (Wildman–Crippen LogP) is 5.68. The van der Waals surface area contributed by atoms with Crippen LogP contribution in [0.3, 0.4) is 0 Å². The molecule has 0 unspecified atom stereocenters. The van der Waals surface area contributed by atoms with E-state index in [0.717, 1.165) is 6.42 Å². The summed E-state index contributed by atoms with van der Waals surface area (Å²) in [4.78, 5) is 0. The zero-order valence-electron chi connectivity index (χ0n) is 11.8. The molecule has 0 saturated carbocycles. The molecule has 0 bridgehead atoms. The number of aliphatic hydroxyl groups is 2. The zero-order valence-corrected chi connectivity index (χ0v) is 13.4. The van der Waals surface area contributed by atoms with Gasteiger partial charge in [0.25, 0.3) is 0 Å². The summed E-state index contributed by atoms with van der Waals surface area (Å²) < 4.78 is 0. The van der Waals surface area contributed by atoms with Crippen molar-refractivity contribution in [3.63, 3.8) is 0 Å². The second kappa shape index (κ2) is 16.8. The van der Waals surface area contributed by atoms with E-state index < -0.39 is 0 Å². The van der Waals surface area contributed by atoms with Gasteiger partial charge in [0.15, 0.2) is 10.1 Å². The van der Waals surface area contributed by atoms with Gasteiger partial charge in [-0.15, -0.1) is 0 Å². The Labute approximate surface area is 123 Å². The van der Waals surface area contributed by atoms with Gasteiger partial charge in [0, 0.05) is 13.3 Å². The maximum atomic E-state index is 8.78. The molecule has 4 heteroatoms. The maximum Gasteiger partial charge on any atom is 0.156 e. The minimum Gasteiger partial charge on any atom is -0.502 e. The molecule has 18 heavy (non-hydrogen) atoms. The first-order chi connectivity index (χ1) is 8.50. The minimum absolute atomic E-state index is 0.000000000000000222. The molecule has 0 aromatic carbocycles. The third-order valence-electron chi connectivity index (χ3n) is 2.49. The number of thiocarbonyl (C=S) groups is 2. The van der Waals surface area contributed by atoms with E-state index in [2.05, 4.69) is 31.4 Å². The summed E-state index contributed by atoms with van der Waals surface area (Å²) in [7, 11) is 0. The summed E-state index contributed by atoms with van der Waals surface area (Å²) >= 11 is 8.69. The average molecular weight is 293 g/mol. The summed E-state index contributed by atoms with van der Waals surface area (Å²) in [5.41, 5.74) is 0. The summed E-state index contributed by atoms with van der Waals surface area (Å²) in [5, 5.41) is 16.7. The molecule has 2 nitrogen and oxygen atoms in total. The molecule has 0 radical (unpaired) electrons. The van der Waals surface area contributed by atoms with Crippen LogP contribution in [0.25, 0.3) is 0 Å². The largest absolute Gasteiger partial charge is 0.502 e. The molecule has 0 aromatic heterocycles. The second-order valence-corrected chi connectivity index (χ2v) is 5.55. The van der Waals surface area contributed by atoms with Gasteiger partial charge in [0.1, 0.15) is 0 Å². The van der Waals surface area contributed by atoms with Crippen molar-refractivity contribution in [2.45, 2.75) is 78.1 Å². The average Bonchev–Trinajstić information content (AvgIpc) is 2.26. The lowest BCUT2D eigenvalue weighted by Crippen LogP contribution is -1.90. The molecule has 0 aliphatic heterocycles. The van der Waals surface area contributed by atoms with Crippen molar-refractivity contribution >= 4 is 34.5 Å². The third kappa shape index (κ3) is 29.7. The fourth-order valence-corrected chi connectivity index (χ4v) is 1.73. The van der Waals surface area contributed by atoms with E-state index in [1.54, 1.807) is 0 Å². The maximum absolute atomic E-state index is 8.78. The quantitative estimate of drug-likeness (QED) is 0.401. The van der Waals surface area contributed by atoms with Gasteiger partial charge in [0.05, 0.1) is 0 Å². The smallest absolute Gasteiger partial charge is 0.156 e. The second-order valence-electron chi connectivity index (χ2n) is 4.49. The van der Waals surface area contributed by atoms with Gasteiger partial charge in [-0.3, -0.25) is 0 Å². The first-order valence-electron chi connectivity index (χ1n) is 6.92. The zero-order chi connectivity index (χ0) is 14.2. The Morgan fingerprint density at radius 2 is 1.11 bits per heavy atom. The topological polar surface area (TPSA) is 40.5 Å². The summed E-state index contributed by atoms with van der Waals surface area (Å²) in [6, 6.07) is 0. The highest BCUT2D eigenvalue weighted by Crippen LogP contribution is 2.10. The lowest BCUT2D eigenvalue weighted by atomic mass is 10.1. The van der Waals surface area contributed by atoms with E-state index >= 15 is 0 Å². The Bertz CT molecular complexity index is 202. The van der Waals surface area contributed by atoms with Gasteiger partial charge in [-0.2, -0.15) is 0 Å². The number of hydrogen-bond acceptors (Lipinski definition) is 2. The van der Waals surface area contributed by atoms with Crippen molar-refractivity contribution in [1.29, 1.82) is 0 Å². The van der Waals surface area contributed by atoms with Crippen molar-refractivity contribution in [3.8, 4) is 0 Å². The van der Waals surface area contributed by atoms with Crippen LogP contribution >= 0.6 is 24.4 Å². The van der Waals surface area contributed by atoms with Crippen LogP contribution in [-0.4, -0.2) is 20.3 Å². The molecule has 0 aromatic rings. The monoisotopic (exact) mass is 292 g/mol. The fraction of sp³-hybridized carbons (Fsp3) is 0.857. The molecule has 0 spiro atoms. The van der Waals surface area contributed by atoms with Crippen LogP contribution in [-0.2, 0) is 0 Å². The van der Waals surface area contributed by atoms with E-state index in [9.17, 15) is 0 Å². The lowest BCUT2D eigenvalue weighted by molar-refractivity contribution is 0.528. The standard InChI is InChI=1S/C12H24OS.C2H4OS/c1-2-3-4-5-6-7-8-9-10-11-12(13)14;1-2(3)4/h2-11H2,1H3,(H,13,14);1H3,(H,3,4). The highest BCUT2D eigenvalue weighted by atomic mass is 32.1. The molecule has 0 atom stereocenters. The van der Waals surface area contributed by atoms with Gasteiger partial charge in [-0.1, -0.05) is 58.3 Å². The molecule has 0 aliphatic carbocycles. The minimum atomic E-state index is 0.000000000000000222. The van der Waals surface area contributed by atoms with Gasteiger partial charge < -0.3 is 10.2 Å². The molecule has 2 N–H and O–H groups in total. The predicted molar refractivity (Wildman–Crippen MR) is 88.0 cm³/mol. The molecule has 0 fully saturated rings.